The van der Waals surface area contributed by atoms with E-state index in [9.17, 15) is 0 Å². The van der Waals surface area contributed by atoms with Crippen molar-refractivity contribution in [3.05, 3.63) is 59.2 Å². The second kappa shape index (κ2) is 8.94. The minimum Gasteiger partial charge on any atom is -0.392 e. The molecule has 1 N–H and O–H groups in total. The van der Waals surface area contributed by atoms with Crippen molar-refractivity contribution in [3.63, 3.8) is 0 Å². The van der Waals surface area contributed by atoms with Crippen LogP contribution in [0.25, 0.3) is 0 Å². The van der Waals surface area contributed by atoms with Crippen molar-refractivity contribution in [2.45, 2.75) is 64.0 Å². The fourth-order valence-corrected chi connectivity index (χ4v) is 4.61. The van der Waals surface area contributed by atoms with E-state index in [1.54, 1.807) is 0 Å². The predicted molar refractivity (Wildman–Crippen MR) is 107 cm³/mol. The summed E-state index contributed by atoms with van der Waals surface area (Å²) < 4.78 is 0. The Hall–Kier alpha value is -1.78. The maximum Gasteiger partial charge on any atom is 0.131 e. The van der Waals surface area contributed by atoms with E-state index in [4.69, 9.17) is 5.11 Å². The lowest BCUT2D eigenvalue weighted by atomic mass is 9.89. The van der Waals surface area contributed by atoms with Gasteiger partial charge in [-0.05, 0) is 49.3 Å². The van der Waals surface area contributed by atoms with Gasteiger partial charge < -0.3 is 5.11 Å². The smallest absolute Gasteiger partial charge is 0.131 e. The molecule has 1 saturated carbocycles. The van der Waals surface area contributed by atoms with Crippen LogP contribution < -0.4 is 0 Å². The van der Waals surface area contributed by atoms with Crippen LogP contribution in [0.5, 0.6) is 0 Å². The number of hydrogen-bond acceptors (Lipinski definition) is 4. The Bertz CT molecular complexity index is 707. The number of nitrogens with zero attached hydrogens (tertiary/aromatic N) is 3. The van der Waals surface area contributed by atoms with Gasteiger partial charge in [-0.2, -0.15) is 0 Å². The van der Waals surface area contributed by atoms with Crippen molar-refractivity contribution < 1.29 is 5.11 Å². The van der Waals surface area contributed by atoms with Crippen molar-refractivity contribution in [3.8, 4) is 0 Å². The van der Waals surface area contributed by atoms with Gasteiger partial charge in [0.2, 0.25) is 0 Å². The lowest BCUT2D eigenvalue weighted by molar-refractivity contribution is 0.282. The number of likely N-dealkylation sites (tertiary alicyclic amines) is 1. The number of rotatable bonds is 6. The molecule has 4 heteroatoms. The molecule has 0 bridgehead atoms. The molecule has 144 valence electrons. The number of benzene rings is 1. The molecule has 1 aromatic heterocycles. The molecular formula is C23H31N3O. The lowest BCUT2D eigenvalue weighted by Crippen LogP contribution is -2.21. The summed E-state index contributed by atoms with van der Waals surface area (Å²) in [5.74, 6) is 2.36. The van der Waals surface area contributed by atoms with Crippen LogP contribution in [-0.4, -0.2) is 33.1 Å². The summed E-state index contributed by atoms with van der Waals surface area (Å²) in [6.07, 6.45) is 13.0. The third-order valence-corrected chi connectivity index (χ3v) is 6.20. The van der Waals surface area contributed by atoms with E-state index < -0.39 is 0 Å². The molecule has 1 aromatic carbocycles. The summed E-state index contributed by atoms with van der Waals surface area (Å²) in [5, 5.41) is 9.16. The molecule has 2 aromatic rings. The Labute approximate surface area is 162 Å². The molecule has 27 heavy (non-hydrogen) atoms. The normalized spacial score (nSPS) is 21.6. The maximum absolute atomic E-state index is 9.16. The summed E-state index contributed by atoms with van der Waals surface area (Å²) in [7, 11) is 0. The van der Waals surface area contributed by atoms with Crippen molar-refractivity contribution in [1.29, 1.82) is 0 Å². The van der Waals surface area contributed by atoms with Gasteiger partial charge in [-0.15, -0.1) is 0 Å². The summed E-state index contributed by atoms with van der Waals surface area (Å²) in [6.45, 7) is 3.39. The van der Waals surface area contributed by atoms with Crippen molar-refractivity contribution in [1.82, 2.24) is 14.9 Å². The van der Waals surface area contributed by atoms with Crippen molar-refractivity contribution in [2.24, 2.45) is 5.92 Å². The van der Waals surface area contributed by atoms with Gasteiger partial charge in [0.25, 0.3) is 0 Å². The summed E-state index contributed by atoms with van der Waals surface area (Å²) >= 11 is 0. The zero-order chi connectivity index (χ0) is 18.5. The molecule has 1 atom stereocenters. The Kier molecular flexibility index (Phi) is 6.15. The van der Waals surface area contributed by atoms with Gasteiger partial charge in [0.05, 0.1) is 6.61 Å². The summed E-state index contributed by atoms with van der Waals surface area (Å²) in [6, 6.07) is 8.39. The van der Waals surface area contributed by atoms with Gasteiger partial charge in [0, 0.05) is 37.0 Å². The number of hydrogen-bond donors (Lipinski definition) is 1. The highest BCUT2D eigenvalue weighted by atomic mass is 16.3. The topological polar surface area (TPSA) is 49.2 Å². The van der Waals surface area contributed by atoms with Crippen LogP contribution in [-0.2, 0) is 19.6 Å². The van der Waals surface area contributed by atoms with E-state index in [0.717, 1.165) is 37.4 Å². The zero-order valence-corrected chi connectivity index (χ0v) is 16.2. The van der Waals surface area contributed by atoms with Crippen LogP contribution in [0.2, 0.25) is 0 Å². The van der Waals surface area contributed by atoms with Crippen LogP contribution in [0, 0.1) is 5.92 Å². The van der Waals surface area contributed by atoms with Gasteiger partial charge >= 0.3 is 0 Å². The maximum atomic E-state index is 9.16. The van der Waals surface area contributed by atoms with Crippen LogP contribution in [0.1, 0.15) is 67.0 Å². The first-order valence-electron chi connectivity index (χ1n) is 10.5. The third-order valence-electron chi connectivity index (χ3n) is 6.20. The Morgan fingerprint density at radius 2 is 1.59 bits per heavy atom. The largest absolute Gasteiger partial charge is 0.392 e. The standard InChI is InChI=1S/C23H31N3O/c27-17-19-8-6-18(7-9-19)12-20-10-11-26(15-20)16-21-13-24-23(25-14-21)22-4-2-1-3-5-22/h6-9,13-14,20,22,27H,1-5,10-12,15-17H2/t20-/m0/s1. The van der Waals surface area contributed by atoms with Gasteiger partial charge in [-0.3, -0.25) is 4.90 Å². The van der Waals surface area contributed by atoms with E-state index in [1.807, 2.05) is 12.1 Å². The van der Waals surface area contributed by atoms with E-state index in [-0.39, 0.29) is 6.61 Å². The van der Waals surface area contributed by atoms with E-state index in [1.165, 1.54) is 49.7 Å². The highest BCUT2D eigenvalue weighted by Crippen LogP contribution is 2.30. The van der Waals surface area contributed by atoms with E-state index in [0.29, 0.717) is 11.8 Å². The lowest BCUT2D eigenvalue weighted by Gasteiger charge is -2.20. The first-order chi connectivity index (χ1) is 13.3. The fraction of sp³-hybridized carbons (Fsp3) is 0.565. The van der Waals surface area contributed by atoms with Gasteiger partial charge in [0.15, 0.2) is 0 Å². The molecule has 2 fully saturated rings. The van der Waals surface area contributed by atoms with Gasteiger partial charge in [0.1, 0.15) is 5.82 Å². The minimum absolute atomic E-state index is 0.124. The van der Waals surface area contributed by atoms with E-state index in [2.05, 4.69) is 39.4 Å². The molecule has 0 spiro atoms. The Balaban J connectivity index is 1.27. The molecule has 4 rings (SSSR count). The molecular weight excluding hydrogens is 334 g/mol. The van der Waals surface area contributed by atoms with Crippen LogP contribution in [0.3, 0.4) is 0 Å². The first kappa shape index (κ1) is 18.6. The Morgan fingerprint density at radius 1 is 0.889 bits per heavy atom. The first-order valence-corrected chi connectivity index (χ1v) is 10.5. The van der Waals surface area contributed by atoms with Crippen LogP contribution in [0.15, 0.2) is 36.7 Å². The predicted octanol–water partition coefficient (Wildman–Crippen LogP) is 4.08. The zero-order valence-electron chi connectivity index (χ0n) is 16.2. The second-order valence-corrected chi connectivity index (χ2v) is 8.35. The molecule has 4 nitrogen and oxygen atoms in total. The van der Waals surface area contributed by atoms with Crippen molar-refractivity contribution >= 4 is 0 Å². The third kappa shape index (κ3) is 4.94. The number of aliphatic hydroxyl groups excluding tert-OH is 1. The molecule has 1 aliphatic heterocycles. The molecule has 2 heterocycles. The highest BCUT2D eigenvalue weighted by Gasteiger charge is 2.23. The average molecular weight is 366 g/mol. The van der Waals surface area contributed by atoms with Crippen LogP contribution >= 0.6 is 0 Å². The molecule has 0 unspecified atom stereocenters. The fourth-order valence-electron chi connectivity index (χ4n) is 4.61. The SMILES string of the molecule is OCc1ccc(C[C@@H]2CCN(Cc3cnc(C4CCCCC4)nc3)C2)cc1. The molecule has 0 amide bonds. The quantitative estimate of drug-likeness (QED) is 0.838. The summed E-state index contributed by atoms with van der Waals surface area (Å²) in [4.78, 5) is 11.9. The number of aromatic nitrogens is 2. The molecule has 2 aliphatic rings. The van der Waals surface area contributed by atoms with E-state index >= 15 is 0 Å². The number of aliphatic hydroxyl groups is 1. The average Bonchev–Trinajstić information content (AvgIpc) is 3.16. The van der Waals surface area contributed by atoms with Crippen LogP contribution in [0.4, 0.5) is 0 Å². The van der Waals surface area contributed by atoms with Gasteiger partial charge in [-0.1, -0.05) is 43.5 Å². The molecule has 0 radical (unpaired) electrons. The monoisotopic (exact) mass is 365 g/mol. The minimum atomic E-state index is 0.124. The summed E-state index contributed by atoms with van der Waals surface area (Å²) in [5.41, 5.74) is 3.60. The van der Waals surface area contributed by atoms with Crippen molar-refractivity contribution in [2.75, 3.05) is 13.1 Å². The van der Waals surface area contributed by atoms with Gasteiger partial charge in [-0.25, -0.2) is 9.97 Å². The molecule has 1 aliphatic carbocycles. The highest BCUT2D eigenvalue weighted by molar-refractivity contribution is 5.22. The molecule has 1 saturated heterocycles. The Morgan fingerprint density at radius 3 is 2.30 bits per heavy atom. The second-order valence-electron chi connectivity index (χ2n) is 8.35.